The molecule has 2 aromatic rings. The van der Waals surface area contributed by atoms with Crippen molar-refractivity contribution in [2.75, 3.05) is 32.1 Å². The Labute approximate surface area is 143 Å². The van der Waals surface area contributed by atoms with Crippen molar-refractivity contribution >= 4 is 11.6 Å². The van der Waals surface area contributed by atoms with E-state index in [1.807, 2.05) is 50.4 Å². The predicted molar refractivity (Wildman–Crippen MR) is 96.3 cm³/mol. The minimum atomic E-state index is 0.0231. The van der Waals surface area contributed by atoms with Crippen molar-refractivity contribution in [3.05, 3.63) is 54.4 Å². The average Bonchev–Trinajstić information content (AvgIpc) is 2.61. The molecule has 0 aliphatic carbocycles. The Kier molecular flexibility index (Phi) is 7.23. The highest BCUT2D eigenvalue weighted by atomic mass is 16.5. The van der Waals surface area contributed by atoms with Crippen LogP contribution >= 0.6 is 0 Å². The second-order valence-corrected chi connectivity index (χ2v) is 5.66. The van der Waals surface area contributed by atoms with Gasteiger partial charge >= 0.3 is 0 Å². The first-order valence-corrected chi connectivity index (χ1v) is 8.27. The Morgan fingerprint density at radius 3 is 2.50 bits per heavy atom. The van der Waals surface area contributed by atoms with Gasteiger partial charge in [0, 0.05) is 37.6 Å². The topological polar surface area (TPSA) is 54.5 Å². The Morgan fingerprint density at radius 1 is 1.12 bits per heavy atom. The Bertz CT molecular complexity index is 614. The third kappa shape index (κ3) is 6.38. The molecule has 24 heavy (non-hydrogen) atoms. The van der Waals surface area contributed by atoms with Gasteiger partial charge in [-0.1, -0.05) is 0 Å². The standard InChI is InChI=1S/C19H25N3O2/c1-3-24-18-6-4-17(5-7-18)21-19(23)11-15-22(2)14-10-16-8-12-20-13-9-16/h4-9,12-13H,3,10-11,14-15H2,1-2H3,(H,21,23). The lowest BCUT2D eigenvalue weighted by Crippen LogP contribution is -2.26. The number of benzene rings is 1. The predicted octanol–water partition coefficient (Wildman–Crippen LogP) is 2.98. The van der Waals surface area contributed by atoms with E-state index >= 15 is 0 Å². The van der Waals surface area contributed by atoms with E-state index in [2.05, 4.69) is 15.2 Å². The fourth-order valence-electron chi connectivity index (χ4n) is 2.30. The fourth-order valence-corrected chi connectivity index (χ4v) is 2.30. The van der Waals surface area contributed by atoms with Crippen LogP contribution in [0.1, 0.15) is 18.9 Å². The van der Waals surface area contributed by atoms with E-state index in [0.717, 1.165) is 30.9 Å². The molecule has 2 rings (SSSR count). The van der Waals surface area contributed by atoms with Crippen molar-refractivity contribution in [3.63, 3.8) is 0 Å². The van der Waals surface area contributed by atoms with Crippen LogP contribution < -0.4 is 10.1 Å². The highest BCUT2D eigenvalue weighted by molar-refractivity contribution is 5.90. The summed E-state index contributed by atoms with van der Waals surface area (Å²) < 4.78 is 5.38. The van der Waals surface area contributed by atoms with Crippen molar-refractivity contribution in [1.29, 1.82) is 0 Å². The lowest BCUT2D eigenvalue weighted by Gasteiger charge is -2.16. The van der Waals surface area contributed by atoms with Gasteiger partial charge in [-0.15, -0.1) is 0 Å². The van der Waals surface area contributed by atoms with Gasteiger partial charge in [0.1, 0.15) is 5.75 Å². The molecule has 5 heteroatoms. The van der Waals surface area contributed by atoms with Gasteiger partial charge in [0.05, 0.1) is 6.61 Å². The smallest absolute Gasteiger partial charge is 0.225 e. The fraction of sp³-hybridized carbons (Fsp3) is 0.368. The second kappa shape index (κ2) is 9.67. The number of amides is 1. The average molecular weight is 327 g/mol. The molecule has 1 aromatic heterocycles. The van der Waals surface area contributed by atoms with Gasteiger partial charge in [-0.25, -0.2) is 0 Å². The highest BCUT2D eigenvalue weighted by Crippen LogP contribution is 2.15. The number of hydrogen-bond acceptors (Lipinski definition) is 4. The van der Waals surface area contributed by atoms with Gasteiger partial charge in [0.15, 0.2) is 0 Å². The molecule has 0 unspecified atom stereocenters. The summed E-state index contributed by atoms with van der Waals surface area (Å²) in [4.78, 5) is 18.2. The maximum atomic E-state index is 12.0. The summed E-state index contributed by atoms with van der Waals surface area (Å²) in [5.74, 6) is 0.835. The van der Waals surface area contributed by atoms with Crippen LogP contribution in [0.2, 0.25) is 0 Å². The largest absolute Gasteiger partial charge is 0.494 e. The Balaban J connectivity index is 1.68. The SMILES string of the molecule is CCOc1ccc(NC(=O)CCN(C)CCc2ccncc2)cc1. The van der Waals surface area contributed by atoms with Crippen LogP contribution in [-0.4, -0.2) is 42.5 Å². The monoisotopic (exact) mass is 327 g/mol. The molecule has 1 amide bonds. The molecule has 0 aliphatic heterocycles. The number of pyridine rings is 1. The molecule has 1 heterocycles. The second-order valence-electron chi connectivity index (χ2n) is 5.66. The van der Waals surface area contributed by atoms with Crippen molar-refractivity contribution in [1.82, 2.24) is 9.88 Å². The van der Waals surface area contributed by atoms with Gasteiger partial charge in [-0.05, 0) is 62.4 Å². The third-order valence-electron chi connectivity index (χ3n) is 3.70. The van der Waals surface area contributed by atoms with Crippen molar-refractivity contribution in [2.45, 2.75) is 19.8 Å². The van der Waals surface area contributed by atoms with Crippen LogP contribution in [0, 0.1) is 0 Å². The molecule has 0 bridgehead atoms. The van der Waals surface area contributed by atoms with Gasteiger partial charge in [-0.3, -0.25) is 9.78 Å². The first kappa shape index (κ1) is 17.9. The zero-order valence-electron chi connectivity index (χ0n) is 14.4. The van der Waals surface area contributed by atoms with Crippen LogP contribution in [0.25, 0.3) is 0 Å². The van der Waals surface area contributed by atoms with E-state index in [9.17, 15) is 4.79 Å². The summed E-state index contributed by atoms with van der Waals surface area (Å²) in [7, 11) is 2.03. The van der Waals surface area contributed by atoms with Crippen LogP contribution in [0.4, 0.5) is 5.69 Å². The van der Waals surface area contributed by atoms with Crippen LogP contribution in [-0.2, 0) is 11.2 Å². The van der Waals surface area contributed by atoms with Gasteiger partial charge in [-0.2, -0.15) is 0 Å². The number of likely N-dealkylation sites (N-methyl/N-ethyl adjacent to an activating group) is 1. The maximum Gasteiger partial charge on any atom is 0.225 e. The Morgan fingerprint density at radius 2 is 1.83 bits per heavy atom. The number of carbonyl (C=O) groups excluding carboxylic acids is 1. The number of anilines is 1. The number of rotatable bonds is 9. The molecule has 0 radical (unpaired) electrons. The van der Waals surface area contributed by atoms with Crippen LogP contribution in [0.15, 0.2) is 48.8 Å². The summed E-state index contributed by atoms with van der Waals surface area (Å²) in [6, 6.07) is 11.5. The van der Waals surface area contributed by atoms with Gasteiger partial charge in [0.25, 0.3) is 0 Å². The molecular weight excluding hydrogens is 302 g/mol. The quantitative estimate of drug-likeness (QED) is 0.769. The van der Waals surface area contributed by atoms with E-state index in [1.54, 1.807) is 12.4 Å². The lowest BCUT2D eigenvalue weighted by atomic mass is 10.2. The summed E-state index contributed by atoms with van der Waals surface area (Å²) >= 11 is 0. The Hall–Kier alpha value is -2.40. The number of aromatic nitrogens is 1. The molecular formula is C19H25N3O2. The van der Waals surface area contributed by atoms with Crippen LogP contribution in [0.3, 0.4) is 0 Å². The summed E-state index contributed by atoms with van der Waals surface area (Å²) in [5.41, 5.74) is 2.05. The minimum absolute atomic E-state index is 0.0231. The zero-order valence-corrected chi connectivity index (χ0v) is 14.4. The number of carbonyl (C=O) groups is 1. The third-order valence-corrected chi connectivity index (χ3v) is 3.70. The molecule has 128 valence electrons. The molecule has 0 atom stereocenters. The van der Waals surface area contributed by atoms with Gasteiger partial charge < -0.3 is 15.0 Å². The maximum absolute atomic E-state index is 12.0. The van der Waals surface area contributed by atoms with E-state index in [0.29, 0.717) is 13.0 Å². The summed E-state index contributed by atoms with van der Waals surface area (Å²) in [6.07, 6.45) is 5.04. The molecule has 0 saturated heterocycles. The lowest BCUT2D eigenvalue weighted by molar-refractivity contribution is -0.116. The molecule has 0 aliphatic rings. The van der Waals surface area contributed by atoms with Crippen molar-refractivity contribution in [3.8, 4) is 5.75 Å². The summed E-state index contributed by atoms with van der Waals surface area (Å²) in [5, 5.41) is 2.91. The molecule has 1 aromatic carbocycles. The van der Waals surface area contributed by atoms with Crippen molar-refractivity contribution in [2.24, 2.45) is 0 Å². The zero-order chi connectivity index (χ0) is 17.2. The first-order valence-electron chi connectivity index (χ1n) is 8.27. The normalized spacial score (nSPS) is 10.6. The van der Waals surface area contributed by atoms with E-state index < -0.39 is 0 Å². The molecule has 0 spiro atoms. The molecule has 1 N–H and O–H groups in total. The number of ether oxygens (including phenoxy) is 1. The molecule has 0 fully saturated rings. The number of hydrogen-bond donors (Lipinski definition) is 1. The van der Waals surface area contributed by atoms with E-state index in [4.69, 9.17) is 4.74 Å². The molecule has 5 nitrogen and oxygen atoms in total. The first-order chi connectivity index (χ1) is 11.7. The number of nitrogens with zero attached hydrogens (tertiary/aromatic N) is 2. The van der Waals surface area contributed by atoms with Crippen LogP contribution in [0.5, 0.6) is 5.75 Å². The van der Waals surface area contributed by atoms with Crippen molar-refractivity contribution < 1.29 is 9.53 Å². The number of nitrogens with one attached hydrogen (secondary N) is 1. The summed E-state index contributed by atoms with van der Waals surface area (Å²) in [6.45, 7) is 4.23. The van der Waals surface area contributed by atoms with Gasteiger partial charge in [0.2, 0.25) is 5.91 Å². The van der Waals surface area contributed by atoms with E-state index in [1.165, 1.54) is 5.56 Å². The highest BCUT2D eigenvalue weighted by Gasteiger charge is 2.06. The minimum Gasteiger partial charge on any atom is -0.494 e. The molecule has 0 saturated carbocycles. The van der Waals surface area contributed by atoms with E-state index in [-0.39, 0.29) is 5.91 Å².